The van der Waals surface area contributed by atoms with Crippen LogP contribution in [0.15, 0.2) is 30.5 Å². The molecule has 0 spiro atoms. The van der Waals surface area contributed by atoms with Crippen molar-refractivity contribution >= 4 is 17.0 Å². The number of nitrogens with zero attached hydrogens (tertiary/aromatic N) is 4. The van der Waals surface area contributed by atoms with Crippen LogP contribution in [0.3, 0.4) is 0 Å². The topological polar surface area (TPSA) is 72.9 Å². The van der Waals surface area contributed by atoms with E-state index in [2.05, 4.69) is 10.1 Å². The van der Waals surface area contributed by atoms with Crippen molar-refractivity contribution < 1.29 is 9.90 Å². The number of hydrogen-bond acceptors (Lipinski definition) is 3. The summed E-state index contributed by atoms with van der Waals surface area (Å²) < 4.78 is 3.71. The van der Waals surface area contributed by atoms with Crippen molar-refractivity contribution in [2.24, 2.45) is 7.05 Å². The average Bonchev–Trinajstić information content (AvgIpc) is 2.98. The number of para-hydroxylation sites is 1. The van der Waals surface area contributed by atoms with Crippen molar-refractivity contribution in [1.29, 1.82) is 0 Å². The number of aromatic nitrogens is 4. The van der Waals surface area contributed by atoms with Gasteiger partial charge < -0.3 is 9.67 Å². The van der Waals surface area contributed by atoms with Crippen LogP contribution in [-0.4, -0.2) is 30.4 Å². The lowest BCUT2D eigenvalue weighted by atomic mass is 10.2. The Morgan fingerprint density at radius 2 is 2.14 bits per heavy atom. The van der Waals surface area contributed by atoms with Gasteiger partial charge in [-0.05, 0) is 25.1 Å². The molecule has 0 bridgehead atoms. The molecule has 0 amide bonds. The maximum Gasteiger partial charge on any atom is 0.337 e. The second-order valence-corrected chi connectivity index (χ2v) is 5.02. The molecule has 0 saturated heterocycles. The molecule has 0 aliphatic carbocycles. The van der Waals surface area contributed by atoms with Gasteiger partial charge in [0.05, 0.1) is 22.3 Å². The largest absolute Gasteiger partial charge is 0.478 e. The number of aromatic carboxylic acids is 1. The molecule has 0 fully saturated rings. The number of carbonyl (C=O) groups is 1. The van der Waals surface area contributed by atoms with Crippen molar-refractivity contribution in [2.45, 2.75) is 19.9 Å². The first kappa shape index (κ1) is 13.4. The Morgan fingerprint density at radius 3 is 2.81 bits per heavy atom. The SMILES string of the molecule is Cc1nc2cccc(C(=O)O)c2n1CCc1ccn(C)n1. The molecular formula is C15H16N4O2. The lowest BCUT2D eigenvalue weighted by molar-refractivity contribution is 0.0698. The molecule has 108 valence electrons. The van der Waals surface area contributed by atoms with Gasteiger partial charge in [0.1, 0.15) is 5.82 Å². The first-order valence-electron chi connectivity index (χ1n) is 6.74. The minimum absolute atomic E-state index is 0.286. The van der Waals surface area contributed by atoms with E-state index in [9.17, 15) is 9.90 Å². The van der Waals surface area contributed by atoms with Gasteiger partial charge in [0.2, 0.25) is 0 Å². The molecule has 0 radical (unpaired) electrons. The number of carboxylic acid groups (broad SMARTS) is 1. The van der Waals surface area contributed by atoms with E-state index in [4.69, 9.17) is 0 Å². The van der Waals surface area contributed by atoms with Crippen LogP contribution in [0.25, 0.3) is 11.0 Å². The van der Waals surface area contributed by atoms with Gasteiger partial charge in [-0.15, -0.1) is 0 Å². The Balaban J connectivity index is 2.01. The summed E-state index contributed by atoms with van der Waals surface area (Å²) in [6.07, 6.45) is 2.64. The summed E-state index contributed by atoms with van der Waals surface area (Å²) in [5, 5.41) is 13.7. The first-order valence-corrected chi connectivity index (χ1v) is 6.74. The molecular weight excluding hydrogens is 268 g/mol. The number of imidazole rings is 1. The van der Waals surface area contributed by atoms with Crippen LogP contribution in [0.5, 0.6) is 0 Å². The van der Waals surface area contributed by atoms with Crippen molar-refractivity contribution in [1.82, 2.24) is 19.3 Å². The fourth-order valence-electron chi connectivity index (χ4n) is 2.57. The van der Waals surface area contributed by atoms with E-state index in [1.165, 1.54) is 0 Å². The second-order valence-electron chi connectivity index (χ2n) is 5.02. The van der Waals surface area contributed by atoms with Crippen LogP contribution in [-0.2, 0) is 20.0 Å². The van der Waals surface area contributed by atoms with E-state index in [0.717, 1.165) is 17.9 Å². The number of carboxylic acids is 1. The number of fused-ring (bicyclic) bond motifs is 1. The van der Waals surface area contributed by atoms with E-state index >= 15 is 0 Å². The standard InChI is InChI=1S/C15H16N4O2/c1-10-16-13-5-3-4-12(15(20)21)14(13)19(10)9-7-11-6-8-18(2)17-11/h3-6,8H,7,9H2,1-2H3,(H,20,21). The van der Waals surface area contributed by atoms with Crippen LogP contribution < -0.4 is 0 Å². The minimum Gasteiger partial charge on any atom is -0.478 e. The Morgan fingerprint density at radius 1 is 1.33 bits per heavy atom. The van der Waals surface area contributed by atoms with Crippen molar-refractivity contribution in [3.05, 3.63) is 47.5 Å². The molecule has 2 heterocycles. The highest BCUT2D eigenvalue weighted by molar-refractivity contribution is 6.01. The summed E-state index contributed by atoms with van der Waals surface area (Å²) in [6.45, 7) is 2.55. The van der Waals surface area contributed by atoms with Gasteiger partial charge in [-0.1, -0.05) is 6.07 Å². The van der Waals surface area contributed by atoms with Crippen LogP contribution in [0.1, 0.15) is 21.9 Å². The van der Waals surface area contributed by atoms with E-state index in [1.54, 1.807) is 16.8 Å². The average molecular weight is 284 g/mol. The molecule has 0 saturated carbocycles. The van der Waals surface area contributed by atoms with Gasteiger partial charge in [-0.3, -0.25) is 4.68 Å². The lowest BCUT2D eigenvalue weighted by Gasteiger charge is -2.07. The minimum atomic E-state index is -0.931. The molecule has 21 heavy (non-hydrogen) atoms. The van der Waals surface area contributed by atoms with Crippen LogP contribution in [0.2, 0.25) is 0 Å². The smallest absolute Gasteiger partial charge is 0.337 e. The van der Waals surface area contributed by atoms with Crippen molar-refractivity contribution in [3.8, 4) is 0 Å². The Hall–Kier alpha value is -2.63. The molecule has 3 aromatic rings. The zero-order chi connectivity index (χ0) is 15.0. The van der Waals surface area contributed by atoms with E-state index in [0.29, 0.717) is 17.6 Å². The van der Waals surface area contributed by atoms with Gasteiger partial charge >= 0.3 is 5.97 Å². The second kappa shape index (κ2) is 5.05. The summed E-state index contributed by atoms with van der Waals surface area (Å²) >= 11 is 0. The highest BCUT2D eigenvalue weighted by atomic mass is 16.4. The Bertz CT molecular complexity index is 816. The summed E-state index contributed by atoms with van der Waals surface area (Å²) in [6, 6.07) is 7.14. The fourth-order valence-corrected chi connectivity index (χ4v) is 2.57. The van der Waals surface area contributed by atoms with E-state index in [1.807, 2.05) is 36.9 Å². The maximum absolute atomic E-state index is 11.4. The number of aryl methyl sites for hydroxylation is 4. The predicted octanol–water partition coefficient (Wildman–Crippen LogP) is 2.02. The molecule has 2 aromatic heterocycles. The van der Waals surface area contributed by atoms with Gasteiger partial charge in [0.25, 0.3) is 0 Å². The van der Waals surface area contributed by atoms with Crippen LogP contribution in [0, 0.1) is 6.92 Å². The molecule has 0 unspecified atom stereocenters. The molecule has 6 heteroatoms. The Labute approximate surface area is 121 Å². The van der Waals surface area contributed by atoms with Gasteiger partial charge in [0, 0.05) is 26.2 Å². The third kappa shape index (κ3) is 2.40. The monoisotopic (exact) mass is 284 g/mol. The molecule has 1 aromatic carbocycles. The summed E-state index contributed by atoms with van der Waals surface area (Å²) in [5.41, 5.74) is 2.66. The number of hydrogen-bond donors (Lipinski definition) is 1. The first-order chi connectivity index (χ1) is 10.1. The predicted molar refractivity (Wildman–Crippen MR) is 78.3 cm³/mol. The van der Waals surface area contributed by atoms with Gasteiger partial charge in [-0.25, -0.2) is 9.78 Å². The zero-order valence-corrected chi connectivity index (χ0v) is 11.9. The number of benzene rings is 1. The fraction of sp³-hybridized carbons (Fsp3) is 0.267. The van der Waals surface area contributed by atoms with Crippen LogP contribution in [0.4, 0.5) is 0 Å². The van der Waals surface area contributed by atoms with E-state index in [-0.39, 0.29) is 5.56 Å². The third-order valence-corrected chi connectivity index (χ3v) is 3.55. The maximum atomic E-state index is 11.4. The lowest BCUT2D eigenvalue weighted by Crippen LogP contribution is -2.07. The highest BCUT2D eigenvalue weighted by Gasteiger charge is 2.15. The van der Waals surface area contributed by atoms with Gasteiger partial charge in [0.15, 0.2) is 0 Å². The summed E-state index contributed by atoms with van der Waals surface area (Å²) in [5.74, 6) is -0.116. The third-order valence-electron chi connectivity index (χ3n) is 3.55. The molecule has 0 aliphatic rings. The van der Waals surface area contributed by atoms with E-state index < -0.39 is 5.97 Å². The molecule has 6 nitrogen and oxygen atoms in total. The quantitative estimate of drug-likeness (QED) is 0.795. The number of rotatable bonds is 4. The molecule has 0 aliphatic heterocycles. The van der Waals surface area contributed by atoms with Gasteiger partial charge in [-0.2, -0.15) is 5.10 Å². The van der Waals surface area contributed by atoms with Crippen molar-refractivity contribution in [2.75, 3.05) is 0 Å². The molecule has 1 N–H and O–H groups in total. The Kier molecular flexibility index (Phi) is 3.21. The summed E-state index contributed by atoms with van der Waals surface area (Å²) in [4.78, 5) is 15.8. The normalized spacial score (nSPS) is 11.1. The highest BCUT2D eigenvalue weighted by Crippen LogP contribution is 2.21. The summed E-state index contributed by atoms with van der Waals surface area (Å²) in [7, 11) is 1.88. The molecule has 3 rings (SSSR count). The zero-order valence-electron chi connectivity index (χ0n) is 11.9. The van der Waals surface area contributed by atoms with Crippen LogP contribution >= 0.6 is 0 Å². The molecule has 0 atom stereocenters. The van der Waals surface area contributed by atoms with Crippen molar-refractivity contribution in [3.63, 3.8) is 0 Å².